The monoisotopic (exact) mass is 370 g/mol. The van der Waals surface area contributed by atoms with E-state index in [0.717, 1.165) is 23.2 Å². The number of carbonyl (C=O) groups excluding carboxylic acids is 1. The van der Waals surface area contributed by atoms with E-state index in [4.69, 9.17) is 0 Å². The van der Waals surface area contributed by atoms with Crippen molar-refractivity contribution in [3.05, 3.63) is 65.4 Å². The number of anilines is 1. The first kappa shape index (κ1) is 18.6. The molecule has 0 spiro atoms. The van der Waals surface area contributed by atoms with Gasteiger partial charge in [0.15, 0.2) is 0 Å². The Morgan fingerprint density at radius 1 is 1.30 bits per heavy atom. The third-order valence-corrected chi connectivity index (χ3v) is 4.41. The van der Waals surface area contributed by atoms with Crippen LogP contribution in [0.15, 0.2) is 42.7 Å². The van der Waals surface area contributed by atoms with E-state index in [1.165, 1.54) is 12.1 Å². The first-order chi connectivity index (χ1) is 13.0. The van der Waals surface area contributed by atoms with Crippen molar-refractivity contribution in [2.24, 2.45) is 7.05 Å². The van der Waals surface area contributed by atoms with Crippen LogP contribution in [0.4, 0.5) is 15.0 Å². The van der Waals surface area contributed by atoms with E-state index >= 15 is 0 Å². The molecule has 2 heterocycles. The van der Waals surface area contributed by atoms with Gasteiger partial charge in [0.1, 0.15) is 11.6 Å². The highest BCUT2D eigenvalue weighted by Crippen LogP contribution is 2.18. The van der Waals surface area contributed by atoms with Gasteiger partial charge in [0, 0.05) is 18.8 Å². The van der Waals surface area contributed by atoms with Crippen LogP contribution < -0.4 is 10.6 Å². The zero-order chi connectivity index (χ0) is 19.4. The maximum absolute atomic E-state index is 13.4. The molecule has 8 heteroatoms. The number of carbonyl (C=O) groups is 1. The molecule has 1 atom stereocenters. The van der Waals surface area contributed by atoms with Crippen molar-refractivity contribution in [3.8, 4) is 0 Å². The molecule has 0 saturated heterocycles. The number of nitrogens with one attached hydrogen (secondary N) is 2. The molecule has 0 bridgehead atoms. The number of aryl methyl sites for hydroxylation is 2. The number of halogens is 1. The van der Waals surface area contributed by atoms with Crippen LogP contribution in [0, 0.1) is 12.7 Å². The minimum absolute atomic E-state index is 0.155. The molecule has 142 valence electrons. The van der Waals surface area contributed by atoms with Crippen LogP contribution in [-0.2, 0) is 13.6 Å². The molecule has 3 aromatic rings. The van der Waals surface area contributed by atoms with Gasteiger partial charge in [-0.2, -0.15) is 10.2 Å². The summed E-state index contributed by atoms with van der Waals surface area (Å²) >= 11 is 0. The summed E-state index contributed by atoms with van der Waals surface area (Å²) in [6, 6.07) is 7.72. The SMILES string of the molecule is CCC(NC(=O)Nc1c(C)cnn1Cc1cccc(F)c1)c1ccnn1C. The number of hydrogen-bond acceptors (Lipinski definition) is 3. The largest absolute Gasteiger partial charge is 0.329 e. The van der Waals surface area contributed by atoms with Crippen LogP contribution in [-0.4, -0.2) is 25.6 Å². The molecular formula is C19H23FN6O. The molecule has 1 unspecified atom stereocenters. The predicted octanol–water partition coefficient (Wildman–Crippen LogP) is 3.39. The smallest absolute Gasteiger partial charge is 0.320 e. The summed E-state index contributed by atoms with van der Waals surface area (Å²) in [6.45, 7) is 4.22. The van der Waals surface area contributed by atoms with Gasteiger partial charge in [-0.3, -0.25) is 10.00 Å². The predicted molar refractivity (Wildman–Crippen MR) is 101 cm³/mol. The van der Waals surface area contributed by atoms with Crippen LogP contribution >= 0.6 is 0 Å². The van der Waals surface area contributed by atoms with Gasteiger partial charge >= 0.3 is 6.03 Å². The molecule has 2 amide bonds. The lowest BCUT2D eigenvalue weighted by Gasteiger charge is -2.18. The minimum atomic E-state index is -0.327. The van der Waals surface area contributed by atoms with Crippen LogP contribution in [0.5, 0.6) is 0 Å². The zero-order valence-corrected chi connectivity index (χ0v) is 15.6. The van der Waals surface area contributed by atoms with Crippen molar-refractivity contribution in [2.45, 2.75) is 32.9 Å². The number of nitrogens with zero attached hydrogens (tertiary/aromatic N) is 4. The van der Waals surface area contributed by atoms with Gasteiger partial charge in [-0.15, -0.1) is 0 Å². The van der Waals surface area contributed by atoms with E-state index in [0.29, 0.717) is 12.4 Å². The average Bonchev–Trinajstić information content (AvgIpc) is 3.20. The fraction of sp³-hybridized carbons (Fsp3) is 0.316. The second-order valence-corrected chi connectivity index (χ2v) is 6.40. The molecule has 7 nitrogen and oxygen atoms in total. The third kappa shape index (κ3) is 4.33. The summed E-state index contributed by atoms with van der Waals surface area (Å²) in [7, 11) is 1.84. The third-order valence-electron chi connectivity index (χ3n) is 4.41. The maximum Gasteiger partial charge on any atom is 0.320 e. The molecule has 0 aliphatic carbocycles. The summed E-state index contributed by atoms with van der Waals surface area (Å²) in [4.78, 5) is 12.5. The first-order valence-corrected chi connectivity index (χ1v) is 8.80. The Kier molecular flexibility index (Phi) is 5.54. The van der Waals surface area contributed by atoms with Gasteiger partial charge in [0.25, 0.3) is 0 Å². The number of urea groups is 1. The molecule has 0 radical (unpaired) electrons. The zero-order valence-electron chi connectivity index (χ0n) is 15.6. The van der Waals surface area contributed by atoms with Crippen molar-refractivity contribution < 1.29 is 9.18 Å². The van der Waals surface area contributed by atoms with Crippen LogP contribution in [0.3, 0.4) is 0 Å². The van der Waals surface area contributed by atoms with E-state index < -0.39 is 0 Å². The number of aromatic nitrogens is 4. The lowest BCUT2D eigenvalue weighted by molar-refractivity contribution is 0.247. The van der Waals surface area contributed by atoms with Crippen LogP contribution in [0.25, 0.3) is 0 Å². The van der Waals surface area contributed by atoms with Crippen molar-refractivity contribution in [2.75, 3.05) is 5.32 Å². The number of rotatable bonds is 6. The molecule has 0 aliphatic heterocycles. The Balaban J connectivity index is 1.72. The highest BCUT2D eigenvalue weighted by Gasteiger charge is 2.18. The fourth-order valence-corrected chi connectivity index (χ4v) is 2.98. The highest BCUT2D eigenvalue weighted by molar-refractivity contribution is 5.89. The van der Waals surface area contributed by atoms with Crippen LogP contribution in [0.2, 0.25) is 0 Å². The Morgan fingerprint density at radius 3 is 2.78 bits per heavy atom. The van der Waals surface area contributed by atoms with Gasteiger partial charge in [-0.25, -0.2) is 13.9 Å². The van der Waals surface area contributed by atoms with Gasteiger partial charge in [-0.1, -0.05) is 19.1 Å². The molecule has 27 heavy (non-hydrogen) atoms. The quantitative estimate of drug-likeness (QED) is 0.698. The van der Waals surface area contributed by atoms with Gasteiger partial charge in [-0.05, 0) is 37.1 Å². The minimum Gasteiger partial charge on any atom is -0.329 e. The molecule has 2 aromatic heterocycles. The molecule has 3 rings (SSSR count). The van der Waals surface area contributed by atoms with Gasteiger partial charge < -0.3 is 5.32 Å². The van der Waals surface area contributed by atoms with Crippen molar-refractivity contribution in [1.29, 1.82) is 0 Å². The van der Waals surface area contributed by atoms with E-state index in [9.17, 15) is 9.18 Å². The summed E-state index contributed by atoms with van der Waals surface area (Å²) in [6.07, 6.45) is 4.11. The second-order valence-electron chi connectivity index (χ2n) is 6.40. The molecule has 1 aromatic carbocycles. The topological polar surface area (TPSA) is 76.8 Å². The lowest BCUT2D eigenvalue weighted by Crippen LogP contribution is -2.34. The van der Waals surface area contributed by atoms with E-state index in [1.807, 2.05) is 33.0 Å². The van der Waals surface area contributed by atoms with Crippen LogP contribution in [0.1, 0.15) is 36.2 Å². The number of hydrogen-bond donors (Lipinski definition) is 2. The molecule has 0 saturated carbocycles. The number of amides is 2. The molecule has 0 aliphatic rings. The maximum atomic E-state index is 13.4. The average molecular weight is 370 g/mol. The van der Waals surface area contributed by atoms with Crippen molar-refractivity contribution in [1.82, 2.24) is 24.9 Å². The lowest BCUT2D eigenvalue weighted by atomic mass is 10.1. The van der Waals surface area contributed by atoms with Gasteiger partial charge in [0.05, 0.1) is 24.5 Å². The van der Waals surface area contributed by atoms with E-state index in [-0.39, 0.29) is 17.9 Å². The van der Waals surface area contributed by atoms with Gasteiger partial charge in [0.2, 0.25) is 0 Å². The van der Waals surface area contributed by atoms with Crippen molar-refractivity contribution in [3.63, 3.8) is 0 Å². The summed E-state index contributed by atoms with van der Waals surface area (Å²) in [5, 5.41) is 14.3. The molecule has 0 fully saturated rings. The summed E-state index contributed by atoms with van der Waals surface area (Å²) in [5.74, 6) is 0.280. The Hall–Kier alpha value is -3.16. The Morgan fingerprint density at radius 2 is 2.11 bits per heavy atom. The highest BCUT2D eigenvalue weighted by atomic mass is 19.1. The normalized spacial score (nSPS) is 12.0. The summed E-state index contributed by atoms with van der Waals surface area (Å²) in [5.41, 5.74) is 2.52. The van der Waals surface area contributed by atoms with E-state index in [2.05, 4.69) is 20.8 Å². The molecular weight excluding hydrogens is 347 g/mol. The molecule has 2 N–H and O–H groups in total. The Labute approximate surface area is 157 Å². The van der Waals surface area contributed by atoms with E-state index in [1.54, 1.807) is 27.8 Å². The fourth-order valence-electron chi connectivity index (χ4n) is 2.98. The second kappa shape index (κ2) is 8.03. The summed E-state index contributed by atoms with van der Waals surface area (Å²) < 4.78 is 16.8. The first-order valence-electron chi connectivity index (χ1n) is 8.80. The standard InChI is InChI=1S/C19H23FN6O/c1-4-16(17-8-9-21-25(17)3)23-19(27)24-18-13(2)11-22-26(18)12-14-6-5-7-15(20)10-14/h5-11,16H,4,12H2,1-3H3,(H2,23,24,27). The van der Waals surface area contributed by atoms with Crippen molar-refractivity contribution >= 4 is 11.8 Å². The number of benzene rings is 1. The Bertz CT molecular complexity index is 932.